The van der Waals surface area contributed by atoms with Crippen molar-refractivity contribution in [2.45, 2.75) is 11.8 Å². The van der Waals surface area contributed by atoms with E-state index in [1.807, 2.05) is 5.38 Å². The Balaban J connectivity index is 2.33. The maximum absolute atomic E-state index is 13.0. The Kier molecular flexibility index (Phi) is 5.29. The van der Waals surface area contributed by atoms with Crippen LogP contribution in [-0.2, 0) is 11.8 Å². The summed E-state index contributed by atoms with van der Waals surface area (Å²) in [6.45, 7) is 0. The Morgan fingerprint density at radius 1 is 1.16 bits per heavy atom. The number of hydrogen-bond acceptors (Lipinski definition) is 1. The van der Waals surface area contributed by atoms with Crippen LogP contribution in [0.25, 0.3) is 0 Å². The van der Waals surface area contributed by atoms with Gasteiger partial charge in [-0.2, -0.15) is 0 Å². The molecule has 1 aromatic carbocycles. The Morgan fingerprint density at radius 3 is 2.26 bits per heavy atom. The first-order valence-electron chi connectivity index (χ1n) is 5.70. The second kappa shape index (κ2) is 6.57. The summed E-state index contributed by atoms with van der Waals surface area (Å²) < 4.78 is 14.1. The van der Waals surface area contributed by atoms with Crippen LogP contribution in [0.3, 0.4) is 0 Å². The molecule has 0 N–H and O–H groups in total. The Hall–Kier alpha value is -0.0900. The molecule has 1 aromatic heterocycles. The van der Waals surface area contributed by atoms with Crippen LogP contribution in [0.15, 0.2) is 40.2 Å². The smallest absolute Gasteiger partial charge is 0.123 e. The van der Waals surface area contributed by atoms with Gasteiger partial charge in [0.2, 0.25) is 0 Å². The van der Waals surface area contributed by atoms with Crippen molar-refractivity contribution in [3.63, 3.8) is 0 Å². The minimum Gasteiger partial charge on any atom is -0.207 e. The van der Waals surface area contributed by atoms with Crippen molar-refractivity contribution in [1.29, 1.82) is 0 Å². The number of thiophene rings is 1. The highest BCUT2D eigenvalue weighted by Crippen LogP contribution is 2.34. The topological polar surface area (TPSA) is 0 Å². The highest BCUT2D eigenvalue weighted by Gasteiger charge is 2.31. The summed E-state index contributed by atoms with van der Waals surface area (Å²) in [5.41, 5.74) is 0.615. The van der Waals surface area contributed by atoms with Gasteiger partial charge in [-0.3, -0.25) is 0 Å². The molecule has 0 nitrogen and oxygen atoms in total. The number of benzene rings is 1. The van der Waals surface area contributed by atoms with Gasteiger partial charge < -0.3 is 0 Å². The third-order valence-electron chi connectivity index (χ3n) is 3.10. The SMILES string of the molecule is Fc1ccc(C(CCl)(CCl)Cc2cc(Br)cs2)cc1. The van der Waals surface area contributed by atoms with Gasteiger partial charge >= 0.3 is 0 Å². The van der Waals surface area contributed by atoms with Crippen LogP contribution in [-0.4, -0.2) is 11.8 Å². The minimum absolute atomic E-state index is 0.249. The van der Waals surface area contributed by atoms with Crippen LogP contribution in [0, 0.1) is 5.82 Å². The van der Waals surface area contributed by atoms with E-state index in [0.717, 1.165) is 16.5 Å². The third-order valence-corrected chi connectivity index (χ3v) is 5.82. The normalized spacial score (nSPS) is 11.8. The van der Waals surface area contributed by atoms with Crippen molar-refractivity contribution in [3.8, 4) is 0 Å². The standard InChI is InChI=1S/C14H12BrCl2FS/c15-11-5-13(19-7-11)6-14(8-16,9-17)10-1-3-12(18)4-2-10/h1-5,7H,6,8-9H2. The maximum Gasteiger partial charge on any atom is 0.123 e. The van der Waals surface area contributed by atoms with Crippen molar-refractivity contribution < 1.29 is 4.39 Å². The van der Waals surface area contributed by atoms with Crippen molar-refractivity contribution >= 4 is 50.5 Å². The molecule has 0 saturated carbocycles. The van der Waals surface area contributed by atoms with E-state index in [1.165, 1.54) is 17.0 Å². The average molecular weight is 382 g/mol. The number of hydrogen-bond donors (Lipinski definition) is 0. The molecule has 0 bridgehead atoms. The van der Waals surface area contributed by atoms with E-state index in [9.17, 15) is 4.39 Å². The first kappa shape index (κ1) is 15.3. The highest BCUT2D eigenvalue weighted by atomic mass is 79.9. The van der Waals surface area contributed by atoms with E-state index in [-0.39, 0.29) is 11.2 Å². The number of alkyl halides is 2. The second-order valence-electron chi connectivity index (χ2n) is 4.46. The molecule has 0 fully saturated rings. The molecule has 0 atom stereocenters. The molecular weight excluding hydrogens is 370 g/mol. The van der Waals surface area contributed by atoms with Crippen molar-refractivity contribution in [2.24, 2.45) is 0 Å². The fraction of sp³-hybridized carbons (Fsp3) is 0.286. The Labute approximate surface area is 134 Å². The Bertz CT molecular complexity index is 535. The van der Waals surface area contributed by atoms with Crippen LogP contribution in [0.4, 0.5) is 4.39 Å². The molecule has 2 rings (SSSR count). The summed E-state index contributed by atoms with van der Waals surface area (Å²) in [5.74, 6) is 0.552. The molecule has 0 unspecified atom stereocenters. The molecule has 2 aromatic rings. The molecule has 0 aliphatic carbocycles. The molecule has 0 radical (unpaired) electrons. The van der Waals surface area contributed by atoms with Gasteiger partial charge in [-0.1, -0.05) is 12.1 Å². The van der Waals surface area contributed by atoms with Crippen LogP contribution in [0.5, 0.6) is 0 Å². The Morgan fingerprint density at radius 2 is 1.79 bits per heavy atom. The monoisotopic (exact) mass is 380 g/mol. The van der Waals surface area contributed by atoms with Gasteiger partial charge in [0.05, 0.1) is 0 Å². The van der Waals surface area contributed by atoms with Crippen molar-refractivity contribution in [3.05, 3.63) is 56.4 Å². The predicted octanol–water partition coefficient (Wildman–Crippen LogP) is 5.61. The number of halogens is 4. The lowest BCUT2D eigenvalue weighted by molar-refractivity contribution is 0.538. The van der Waals surface area contributed by atoms with Gasteiger partial charge in [-0.25, -0.2) is 4.39 Å². The highest BCUT2D eigenvalue weighted by molar-refractivity contribution is 9.10. The number of rotatable bonds is 5. The van der Waals surface area contributed by atoms with Crippen molar-refractivity contribution in [1.82, 2.24) is 0 Å². The fourth-order valence-corrected chi connectivity index (χ4v) is 4.35. The van der Waals surface area contributed by atoms with E-state index in [1.54, 1.807) is 23.5 Å². The molecule has 0 aliphatic rings. The summed E-state index contributed by atoms with van der Waals surface area (Å²) >= 11 is 17.5. The maximum atomic E-state index is 13.0. The third kappa shape index (κ3) is 3.52. The molecule has 1 heterocycles. The molecular formula is C14H12BrCl2FS. The summed E-state index contributed by atoms with van der Waals surface area (Å²) in [4.78, 5) is 1.21. The minimum atomic E-state index is -0.360. The van der Waals surface area contributed by atoms with Crippen LogP contribution in [0.2, 0.25) is 0 Å². The summed E-state index contributed by atoms with van der Waals surface area (Å²) in [5, 5.41) is 2.03. The van der Waals surface area contributed by atoms with Crippen molar-refractivity contribution in [2.75, 3.05) is 11.8 Å². The lowest BCUT2D eigenvalue weighted by Gasteiger charge is -2.29. The first-order valence-corrected chi connectivity index (χ1v) is 8.45. The summed E-state index contributed by atoms with van der Waals surface area (Å²) in [6.07, 6.45) is 0.752. The largest absolute Gasteiger partial charge is 0.207 e. The zero-order valence-corrected chi connectivity index (χ0v) is 13.9. The molecule has 5 heteroatoms. The van der Waals surface area contributed by atoms with E-state index < -0.39 is 0 Å². The lowest BCUT2D eigenvalue weighted by Crippen LogP contribution is -2.33. The molecule has 19 heavy (non-hydrogen) atoms. The van der Waals surface area contributed by atoms with E-state index >= 15 is 0 Å². The zero-order valence-electron chi connectivity index (χ0n) is 10.0. The molecule has 0 aliphatic heterocycles. The van der Waals surface area contributed by atoms with Crippen LogP contribution >= 0.6 is 50.5 Å². The molecule has 0 spiro atoms. The lowest BCUT2D eigenvalue weighted by atomic mass is 9.80. The van der Waals surface area contributed by atoms with Gasteiger partial charge in [-0.05, 0) is 46.1 Å². The van der Waals surface area contributed by atoms with Gasteiger partial charge in [-0.15, -0.1) is 34.5 Å². The quantitative estimate of drug-likeness (QED) is 0.590. The van der Waals surface area contributed by atoms with Gasteiger partial charge in [0, 0.05) is 31.9 Å². The second-order valence-corrected chi connectivity index (χ2v) is 6.91. The molecule has 102 valence electrons. The molecule has 0 amide bonds. The van der Waals surface area contributed by atoms with E-state index in [4.69, 9.17) is 23.2 Å². The van der Waals surface area contributed by atoms with E-state index in [0.29, 0.717) is 11.8 Å². The van der Waals surface area contributed by atoms with Gasteiger partial charge in [0.25, 0.3) is 0 Å². The van der Waals surface area contributed by atoms with Crippen LogP contribution < -0.4 is 0 Å². The van der Waals surface area contributed by atoms with Gasteiger partial charge in [0.15, 0.2) is 0 Å². The predicted molar refractivity (Wildman–Crippen MR) is 85.2 cm³/mol. The van der Waals surface area contributed by atoms with Gasteiger partial charge in [0.1, 0.15) is 5.82 Å². The summed E-state index contributed by atoms with van der Waals surface area (Å²) in [7, 11) is 0. The van der Waals surface area contributed by atoms with Crippen LogP contribution in [0.1, 0.15) is 10.4 Å². The fourth-order valence-electron chi connectivity index (χ4n) is 1.97. The average Bonchev–Trinajstić information content (AvgIpc) is 2.82. The van der Waals surface area contributed by atoms with E-state index in [2.05, 4.69) is 22.0 Å². The molecule has 0 saturated heterocycles. The summed E-state index contributed by atoms with van der Waals surface area (Å²) in [6, 6.07) is 8.51. The zero-order chi connectivity index (χ0) is 13.9. The first-order chi connectivity index (χ1) is 9.09.